The van der Waals surface area contributed by atoms with Crippen LogP contribution in [-0.2, 0) is 0 Å². The van der Waals surface area contributed by atoms with Gasteiger partial charge in [0.15, 0.2) is 0 Å². The van der Waals surface area contributed by atoms with Gasteiger partial charge < -0.3 is 0 Å². The molecule has 0 N–H and O–H groups in total. The van der Waals surface area contributed by atoms with Crippen LogP contribution >= 0.6 is 23.2 Å². The molecule has 0 aliphatic rings. The number of hydrogen-bond donors (Lipinski definition) is 0. The first-order chi connectivity index (χ1) is 5.29. The molecular formula is C8H8Cl2Te. The summed E-state index contributed by atoms with van der Waals surface area (Å²) in [6, 6.07) is 10.4. The molecule has 0 amide bonds. The zero-order valence-corrected chi connectivity index (χ0v) is 9.68. The van der Waals surface area contributed by atoms with E-state index in [1.165, 1.54) is 3.61 Å². The van der Waals surface area contributed by atoms with E-state index in [-0.39, 0.29) is 25.8 Å². The summed E-state index contributed by atoms with van der Waals surface area (Å²) >= 11 is 11.1. The van der Waals surface area contributed by atoms with Crippen LogP contribution in [0.15, 0.2) is 30.3 Å². The Labute approximate surface area is 87.0 Å². The SMILES string of the molecule is ClC(Cl)C[Te]c1ccccc1. The van der Waals surface area contributed by atoms with Crippen molar-refractivity contribution >= 4 is 47.7 Å². The van der Waals surface area contributed by atoms with E-state index in [1.807, 2.05) is 6.07 Å². The molecule has 11 heavy (non-hydrogen) atoms. The number of rotatable bonds is 3. The van der Waals surface area contributed by atoms with E-state index in [0.717, 1.165) is 4.47 Å². The van der Waals surface area contributed by atoms with Crippen molar-refractivity contribution in [2.75, 3.05) is 0 Å². The van der Waals surface area contributed by atoms with Crippen molar-refractivity contribution in [1.82, 2.24) is 0 Å². The van der Waals surface area contributed by atoms with Gasteiger partial charge in [0.05, 0.1) is 0 Å². The summed E-state index contributed by atoms with van der Waals surface area (Å²) < 4.78 is 2.38. The zero-order chi connectivity index (χ0) is 8.10. The fourth-order valence-electron chi connectivity index (χ4n) is 0.676. The van der Waals surface area contributed by atoms with Gasteiger partial charge in [-0.2, -0.15) is 0 Å². The van der Waals surface area contributed by atoms with Gasteiger partial charge in [0.1, 0.15) is 0 Å². The van der Waals surface area contributed by atoms with E-state index < -0.39 is 0 Å². The molecule has 0 aromatic heterocycles. The summed E-state index contributed by atoms with van der Waals surface area (Å²) in [7, 11) is 0. The summed E-state index contributed by atoms with van der Waals surface area (Å²) in [5, 5.41) is 0. The summed E-state index contributed by atoms with van der Waals surface area (Å²) in [5.74, 6) is 0. The first kappa shape index (κ1) is 9.68. The molecule has 0 fully saturated rings. The Hall–Kier alpha value is 0.590. The van der Waals surface area contributed by atoms with Crippen molar-refractivity contribution in [3.05, 3.63) is 30.3 Å². The Balaban J connectivity index is 2.39. The summed E-state index contributed by atoms with van der Waals surface area (Å²) in [6.45, 7) is 0. The number of benzene rings is 1. The van der Waals surface area contributed by atoms with Crippen LogP contribution in [-0.4, -0.2) is 25.8 Å². The van der Waals surface area contributed by atoms with Gasteiger partial charge in [-0.05, 0) is 0 Å². The van der Waals surface area contributed by atoms with Gasteiger partial charge in [0, 0.05) is 0 Å². The zero-order valence-electron chi connectivity index (χ0n) is 5.84. The molecule has 0 nitrogen and oxygen atoms in total. The Morgan fingerprint density at radius 1 is 1.18 bits per heavy atom. The van der Waals surface area contributed by atoms with Crippen LogP contribution in [0.4, 0.5) is 0 Å². The molecule has 0 atom stereocenters. The van der Waals surface area contributed by atoms with Crippen molar-refractivity contribution in [2.24, 2.45) is 0 Å². The first-order valence-corrected chi connectivity index (χ1v) is 6.93. The minimum absolute atomic E-state index is 0.147. The van der Waals surface area contributed by atoms with Crippen molar-refractivity contribution in [2.45, 2.75) is 9.31 Å². The third kappa shape index (κ3) is 4.23. The second kappa shape index (κ2) is 5.27. The molecule has 0 saturated heterocycles. The van der Waals surface area contributed by atoms with Crippen molar-refractivity contribution < 1.29 is 0 Å². The third-order valence-electron chi connectivity index (χ3n) is 1.12. The van der Waals surface area contributed by atoms with Gasteiger partial charge >= 0.3 is 87.4 Å². The molecule has 0 bridgehead atoms. The van der Waals surface area contributed by atoms with E-state index in [9.17, 15) is 0 Å². The van der Waals surface area contributed by atoms with Gasteiger partial charge in [0.25, 0.3) is 0 Å². The maximum absolute atomic E-state index is 5.63. The summed E-state index contributed by atoms with van der Waals surface area (Å²) in [5.41, 5.74) is 0. The first-order valence-electron chi connectivity index (χ1n) is 3.25. The second-order valence-electron chi connectivity index (χ2n) is 2.02. The average Bonchev–Trinajstić information content (AvgIpc) is 2.03. The van der Waals surface area contributed by atoms with Crippen LogP contribution in [0.5, 0.6) is 0 Å². The molecule has 1 aromatic carbocycles. The van der Waals surface area contributed by atoms with E-state index >= 15 is 0 Å². The fraction of sp³-hybridized carbons (Fsp3) is 0.250. The molecule has 0 aliphatic heterocycles. The van der Waals surface area contributed by atoms with E-state index in [2.05, 4.69) is 24.3 Å². The number of hydrogen-bond acceptors (Lipinski definition) is 0. The second-order valence-corrected chi connectivity index (χ2v) is 6.41. The Morgan fingerprint density at radius 3 is 2.36 bits per heavy atom. The molecule has 60 valence electrons. The van der Waals surface area contributed by atoms with Crippen LogP contribution in [0.1, 0.15) is 0 Å². The van der Waals surface area contributed by atoms with Crippen LogP contribution in [0.3, 0.4) is 0 Å². The molecule has 0 radical (unpaired) electrons. The molecule has 1 aromatic rings. The summed E-state index contributed by atoms with van der Waals surface area (Å²) in [4.78, 5) is -0.183. The van der Waals surface area contributed by atoms with Crippen molar-refractivity contribution in [3.8, 4) is 0 Å². The third-order valence-corrected chi connectivity index (χ3v) is 5.73. The molecule has 0 heterocycles. The summed E-state index contributed by atoms with van der Waals surface area (Å²) in [6.07, 6.45) is 0. The van der Waals surface area contributed by atoms with Crippen LogP contribution in [0.2, 0.25) is 4.47 Å². The average molecular weight is 303 g/mol. The van der Waals surface area contributed by atoms with E-state index in [0.29, 0.717) is 0 Å². The van der Waals surface area contributed by atoms with E-state index in [1.54, 1.807) is 0 Å². The Kier molecular flexibility index (Phi) is 4.64. The minimum atomic E-state index is -0.183. The predicted molar refractivity (Wildman–Crippen MR) is 52.1 cm³/mol. The van der Waals surface area contributed by atoms with Gasteiger partial charge in [-0.1, -0.05) is 0 Å². The van der Waals surface area contributed by atoms with Crippen LogP contribution < -0.4 is 3.61 Å². The standard InChI is InChI=1S/C8H8Cl2Te/c9-8(10)6-11-7-4-2-1-3-5-7/h1-5,8H,6H2. The van der Waals surface area contributed by atoms with Gasteiger partial charge in [-0.25, -0.2) is 0 Å². The maximum atomic E-state index is 5.63. The predicted octanol–water partition coefficient (Wildman–Crippen LogP) is 2.24. The van der Waals surface area contributed by atoms with Crippen molar-refractivity contribution in [3.63, 3.8) is 0 Å². The Bertz CT molecular complexity index is 199. The van der Waals surface area contributed by atoms with Crippen LogP contribution in [0.25, 0.3) is 0 Å². The number of halogens is 2. The molecule has 3 heteroatoms. The monoisotopic (exact) mass is 304 g/mol. The van der Waals surface area contributed by atoms with Gasteiger partial charge in [-0.15, -0.1) is 0 Å². The molecular weight excluding hydrogens is 295 g/mol. The van der Waals surface area contributed by atoms with Crippen molar-refractivity contribution in [1.29, 1.82) is 0 Å². The van der Waals surface area contributed by atoms with Gasteiger partial charge in [-0.3, -0.25) is 0 Å². The van der Waals surface area contributed by atoms with Gasteiger partial charge in [0.2, 0.25) is 0 Å². The molecule has 0 saturated carbocycles. The Morgan fingerprint density at radius 2 is 1.82 bits per heavy atom. The fourth-order valence-corrected chi connectivity index (χ4v) is 3.43. The molecule has 1 rings (SSSR count). The quantitative estimate of drug-likeness (QED) is 0.593. The normalized spacial score (nSPS) is 10.5. The topological polar surface area (TPSA) is 0 Å². The molecule has 0 aliphatic carbocycles. The molecule has 0 spiro atoms. The number of alkyl halides is 2. The van der Waals surface area contributed by atoms with Crippen LogP contribution in [0, 0.1) is 0 Å². The van der Waals surface area contributed by atoms with E-state index in [4.69, 9.17) is 23.2 Å². The molecule has 0 unspecified atom stereocenters.